The fraction of sp³-hybridized carbons (Fsp3) is 0.458. The number of hydrogen-bond donors (Lipinski definition) is 1. The number of sulfonamides is 1. The summed E-state index contributed by atoms with van der Waals surface area (Å²) in [4.78, 5) is 15.3. The fourth-order valence-electron chi connectivity index (χ4n) is 3.99. The molecule has 0 aromatic heterocycles. The second-order valence-corrected chi connectivity index (χ2v) is 9.68. The summed E-state index contributed by atoms with van der Waals surface area (Å²) in [6.07, 6.45) is 0. The topological polar surface area (TPSA) is 79.0 Å². The van der Waals surface area contributed by atoms with Crippen LogP contribution >= 0.6 is 0 Å². The molecule has 32 heavy (non-hydrogen) atoms. The Balaban J connectivity index is 1.66. The number of rotatable bonds is 11. The molecule has 3 rings (SSSR count). The first kappa shape index (κ1) is 24.5. The number of ketones is 1. The molecule has 0 saturated carbocycles. The quantitative estimate of drug-likeness (QED) is 0.521. The first-order chi connectivity index (χ1) is 15.5. The van der Waals surface area contributed by atoms with Crippen LogP contribution in [-0.2, 0) is 14.8 Å². The molecule has 1 atom stereocenters. The van der Waals surface area contributed by atoms with Crippen LogP contribution in [0.15, 0.2) is 59.5 Å². The van der Waals surface area contributed by atoms with Gasteiger partial charge in [-0.1, -0.05) is 56.3 Å². The molecule has 0 spiro atoms. The molecule has 1 heterocycles. The maximum absolute atomic E-state index is 12.9. The Morgan fingerprint density at radius 2 is 1.75 bits per heavy atom. The molecule has 8 heteroatoms. The highest BCUT2D eigenvalue weighted by atomic mass is 32.2. The van der Waals surface area contributed by atoms with Gasteiger partial charge in [-0.05, 0) is 30.8 Å². The summed E-state index contributed by atoms with van der Waals surface area (Å²) >= 11 is 0. The standard InChI is InChI=1S/C24H33N3O4S/c1-3-26(4-2)23(20-9-6-5-7-10-20)18-25-19-24(28)21-11-8-12-22(17-21)32(29,30)27-13-15-31-16-14-27/h5-12,17,23,25H,3-4,13-16,18-19H2,1-2H3. The highest BCUT2D eigenvalue weighted by Gasteiger charge is 2.27. The van der Waals surface area contributed by atoms with Gasteiger partial charge in [0.1, 0.15) is 0 Å². The van der Waals surface area contributed by atoms with E-state index in [9.17, 15) is 13.2 Å². The van der Waals surface area contributed by atoms with Gasteiger partial charge in [-0.2, -0.15) is 4.31 Å². The maximum atomic E-state index is 12.9. The number of likely N-dealkylation sites (N-methyl/N-ethyl adjacent to an activating group) is 1. The first-order valence-corrected chi connectivity index (χ1v) is 12.6. The molecule has 1 fully saturated rings. The van der Waals surface area contributed by atoms with Crippen LogP contribution in [0.2, 0.25) is 0 Å². The minimum absolute atomic E-state index is 0.129. The molecule has 1 N–H and O–H groups in total. The van der Waals surface area contributed by atoms with Crippen molar-refractivity contribution in [1.29, 1.82) is 0 Å². The molecule has 0 amide bonds. The number of benzene rings is 2. The van der Waals surface area contributed by atoms with Gasteiger partial charge in [0.15, 0.2) is 5.78 Å². The van der Waals surface area contributed by atoms with Crippen molar-refractivity contribution < 1.29 is 17.9 Å². The molecule has 174 valence electrons. The van der Waals surface area contributed by atoms with Crippen LogP contribution in [0.5, 0.6) is 0 Å². The van der Waals surface area contributed by atoms with E-state index in [0.29, 0.717) is 38.4 Å². The van der Waals surface area contributed by atoms with Crippen LogP contribution in [0.4, 0.5) is 0 Å². The van der Waals surface area contributed by atoms with Crippen molar-refractivity contribution in [3.63, 3.8) is 0 Å². The lowest BCUT2D eigenvalue weighted by Gasteiger charge is -2.30. The molecule has 0 aliphatic carbocycles. The average Bonchev–Trinajstić information content (AvgIpc) is 2.84. The number of nitrogens with one attached hydrogen (secondary N) is 1. The fourth-order valence-corrected chi connectivity index (χ4v) is 5.44. The largest absolute Gasteiger partial charge is 0.379 e. The zero-order valence-corrected chi connectivity index (χ0v) is 19.7. The van der Waals surface area contributed by atoms with E-state index in [1.807, 2.05) is 18.2 Å². The molecule has 2 aromatic rings. The molecule has 7 nitrogen and oxygen atoms in total. The molecule has 1 unspecified atom stereocenters. The molecular weight excluding hydrogens is 426 g/mol. The van der Waals surface area contributed by atoms with E-state index in [0.717, 1.165) is 13.1 Å². The van der Waals surface area contributed by atoms with Crippen LogP contribution in [0.25, 0.3) is 0 Å². The summed E-state index contributed by atoms with van der Waals surface area (Å²) < 4.78 is 32.5. The lowest BCUT2D eigenvalue weighted by molar-refractivity contribution is 0.0730. The predicted octanol–water partition coefficient (Wildman–Crippen LogP) is 2.56. The highest BCUT2D eigenvalue weighted by Crippen LogP contribution is 2.20. The number of carbonyl (C=O) groups excluding carboxylic acids is 1. The van der Waals surface area contributed by atoms with E-state index in [1.54, 1.807) is 18.2 Å². The molecular formula is C24H33N3O4S. The minimum Gasteiger partial charge on any atom is -0.379 e. The molecule has 1 aliphatic rings. The van der Waals surface area contributed by atoms with Gasteiger partial charge in [0.25, 0.3) is 0 Å². The van der Waals surface area contributed by atoms with E-state index >= 15 is 0 Å². The van der Waals surface area contributed by atoms with Crippen LogP contribution in [0, 0.1) is 0 Å². The monoisotopic (exact) mass is 459 g/mol. The predicted molar refractivity (Wildman–Crippen MR) is 125 cm³/mol. The Morgan fingerprint density at radius 1 is 1.06 bits per heavy atom. The van der Waals surface area contributed by atoms with Gasteiger partial charge in [0, 0.05) is 31.2 Å². The molecule has 1 aliphatic heterocycles. The van der Waals surface area contributed by atoms with Crippen molar-refractivity contribution in [3.8, 4) is 0 Å². The third-order valence-electron chi connectivity index (χ3n) is 5.82. The lowest BCUT2D eigenvalue weighted by atomic mass is 10.0. The van der Waals surface area contributed by atoms with Crippen LogP contribution in [0.3, 0.4) is 0 Å². The van der Waals surface area contributed by atoms with Crippen molar-refractivity contribution in [3.05, 3.63) is 65.7 Å². The number of Topliss-reactive ketones (excluding diaryl/α,β-unsaturated/α-hetero) is 1. The van der Waals surface area contributed by atoms with E-state index in [-0.39, 0.29) is 23.3 Å². The zero-order chi connectivity index (χ0) is 23.0. The van der Waals surface area contributed by atoms with E-state index in [1.165, 1.54) is 15.9 Å². The summed E-state index contributed by atoms with van der Waals surface area (Å²) in [7, 11) is -3.63. The number of nitrogens with zero attached hydrogens (tertiary/aromatic N) is 2. The Kier molecular flexibility index (Phi) is 8.95. The Morgan fingerprint density at radius 3 is 2.41 bits per heavy atom. The van der Waals surface area contributed by atoms with Crippen molar-refractivity contribution in [2.45, 2.75) is 24.8 Å². The Labute approximate surface area is 191 Å². The molecule has 1 saturated heterocycles. The Bertz CT molecular complexity index is 972. The number of hydrogen-bond acceptors (Lipinski definition) is 6. The second-order valence-electron chi connectivity index (χ2n) is 7.75. The lowest BCUT2D eigenvalue weighted by Crippen LogP contribution is -2.40. The number of carbonyl (C=O) groups is 1. The Hall–Kier alpha value is -2.10. The van der Waals surface area contributed by atoms with E-state index in [4.69, 9.17) is 4.74 Å². The van der Waals surface area contributed by atoms with E-state index in [2.05, 4.69) is 36.2 Å². The van der Waals surface area contributed by atoms with Gasteiger partial charge in [-0.25, -0.2) is 8.42 Å². The van der Waals surface area contributed by atoms with Crippen LogP contribution < -0.4 is 5.32 Å². The third-order valence-corrected chi connectivity index (χ3v) is 7.72. The molecule has 0 radical (unpaired) electrons. The normalized spacial score (nSPS) is 16.2. The van der Waals surface area contributed by atoms with Gasteiger partial charge in [0.05, 0.1) is 24.7 Å². The highest BCUT2D eigenvalue weighted by molar-refractivity contribution is 7.89. The summed E-state index contributed by atoms with van der Waals surface area (Å²) in [5.74, 6) is -0.129. The smallest absolute Gasteiger partial charge is 0.243 e. The van der Waals surface area contributed by atoms with Gasteiger partial charge in [-0.15, -0.1) is 0 Å². The summed E-state index contributed by atoms with van der Waals surface area (Å²) in [5.41, 5.74) is 1.60. The van der Waals surface area contributed by atoms with Crippen molar-refractivity contribution in [2.24, 2.45) is 0 Å². The SMILES string of the molecule is CCN(CC)C(CNCC(=O)c1cccc(S(=O)(=O)N2CCOCC2)c1)c1ccccc1. The number of ether oxygens (including phenoxy) is 1. The van der Waals surface area contributed by atoms with Crippen molar-refractivity contribution in [2.75, 3.05) is 52.5 Å². The zero-order valence-electron chi connectivity index (χ0n) is 18.9. The first-order valence-electron chi connectivity index (χ1n) is 11.2. The third kappa shape index (κ3) is 6.02. The van der Waals surface area contributed by atoms with E-state index < -0.39 is 10.0 Å². The van der Waals surface area contributed by atoms with Gasteiger partial charge in [-0.3, -0.25) is 9.69 Å². The average molecular weight is 460 g/mol. The maximum Gasteiger partial charge on any atom is 0.243 e. The summed E-state index contributed by atoms with van der Waals surface area (Å²) in [6.45, 7) is 8.28. The van der Waals surface area contributed by atoms with Gasteiger partial charge < -0.3 is 10.1 Å². The van der Waals surface area contributed by atoms with Crippen molar-refractivity contribution >= 4 is 15.8 Å². The van der Waals surface area contributed by atoms with Gasteiger partial charge in [0.2, 0.25) is 10.0 Å². The van der Waals surface area contributed by atoms with Crippen LogP contribution in [-0.4, -0.2) is 75.9 Å². The molecule has 0 bridgehead atoms. The van der Waals surface area contributed by atoms with Crippen molar-refractivity contribution in [1.82, 2.24) is 14.5 Å². The van der Waals surface area contributed by atoms with Crippen LogP contribution in [0.1, 0.15) is 35.8 Å². The summed E-state index contributed by atoms with van der Waals surface area (Å²) in [6, 6.07) is 16.7. The molecule has 2 aromatic carbocycles. The number of morpholine rings is 1. The van der Waals surface area contributed by atoms with Gasteiger partial charge >= 0.3 is 0 Å². The summed E-state index contributed by atoms with van der Waals surface area (Å²) in [5, 5.41) is 3.29. The second kappa shape index (κ2) is 11.7. The minimum atomic E-state index is -3.63.